The fourth-order valence-corrected chi connectivity index (χ4v) is 2.96. The van der Waals surface area contributed by atoms with Gasteiger partial charge in [-0.3, -0.25) is 4.79 Å². The van der Waals surface area contributed by atoms with Crippen LogP contribution >= 0.6 is 11.8 Å². The minimum Gasteiger partial charge on any atom is -0.493 e. The Morgan fingerprint density at radius 3 is 2.68 bits per heavy atom. The first-order valence-corrected chi connectivity index (χ1v) is 9.28. The number of nitrogens with one attached hydrogen (secondary N) is 1. The standard InChI is InChI=1S/C19H18FN3O4S/c1-25-15-8-7-12(9-16(15)26-2)18-22-23-19(27-18)28-11-17(24)21-10-13-5-3-4-6-14(13)20/h3-9H,10-11H2,1-2H3,(H,21,24). The van der Waals surface area contributed by atoms with Gasteiger partial charge in [-0.1, -0.05) is 30.0 Å². The van der Waals surface area contributed by atoms with Crippen molar-refractivity contribution in [3.05, 3.63) is 53.8 Å². The van der Waals surface area contributed by atoms with Gasteiger partial charge in [0.15, 0.2) is 11.5 Å². The molecule has 28 heavy (non-hydrogen) atoms. The van der Waals surface area contributed by atoms with Crippen LogP contribution in [0.2, 0.25) is 0 Å². The minimum atomic E-state index is -0.355. The van der Waals surface area contributed by atoms with Gasteiger partial charge in [-0.15, -0.1) is 10.2 Å². The number of thioether (sulfide) groups is 1. The lowest BCUT2D eigenvalue weighted by atomic mass is 10.2. The average Bonchev–Trinajstić information content (AvgIpc) is 3.20. The predicted molar refractivity (Wildman–Crippen MR) is 102 cm³/mol. The lowest BCUT2D eigenvalue weighted by Gasteiger charge is -2.07. The zero-order valence-electron chi connectivity index (χ0n) is 15.3. The van der Waals surface area contributed by atoms with Gasteiger partial charge < -0.3 is 19.2 Å². The Hall–Kier alpha value is -3.07. The van der Waals surface area contributed by atoms with Crippen LogP contribution in [0, 0.1) is 5.82 Å². The van der Waals surface area contributed by atoms with E-state index in [1.54, 1.807) is 43.5 Å². The summed E-state index contributed by atoms with van der Waals surface area (Å²) in [5.41, 5.74) is 1.09. The number of amides is 1. The van der Waals surface area contributed by atoms with Crippen LogP contribution in [0.5, 0.6) is 11.5 Å². The van der Waals surface area contributed by atoms with Crippen LogP contribution in [0.4, 0.5) is 4.39 Å². The topological polar surface area (TPSA) is 86.5 Å². The van der Waals surface area contributed by atoms with Crippen LogP contribution in [0.25, 0.3) is 11.5 Å². The number of hydrogen-bond acceptors (Lipinski definition) is 7. The van der Waals surface area contributed by atoms with Crippen LogP contribution in [-0.2, 0) is 11.3 Å². The minimum absolute atomic E-state index is 0.0714. The molecule has 0 radical (unpaired) electrons. The van der Waals surface area contributed by atoms with Crippen LogP contribution in [0.15, 0.2) is 52.1 Å². The third-order valence-electron chi connectivity index (χ3n) is 3.80. The molecule has 0 saturated carbocycles. The average molecular weight is 403 g/mol. The van der Waals surface area contributed by atoms with Gasteiger partial charge in [0.1, 0.15) is 5.82 Å². The summed E-state index contributed by atoms with van der Waals surface area (Å²) in [6.07, 6.45) is 0. The first-order valence-electron chi connectivity index (χ1n) is 8.29. The summed E-state index contributed by atoms with van der Waals surface area (Å²) in [6, 6.07) is 11.5. The lowest BCUT2D eigenvalue weighted by molar-refractivity contribution is -0.118. The smallest absolute Gasteiger partial charge is 0.277 e. The molecule has 0 aliphatic carbocycles. The molecule has 7 nitrogen and oxygen atoms in total. The molecule has 0 saturated heterocycles. The summed E-state index contributed by atoms with van der Waals surface area (Å²) >= 11 is 1.10. The molecule has 1 amide bonds. The Morgan fingerprint density at radius 1 is 1.14 bits per heavy atom. The highest BCUT2D eigenvalue weighted by Gasteiger charge is 2.14. The molecule has 0 spiro atoms. The van der Waals surface area contributed by atoms with E-state index in [9.17, 15) is 9.18 Å². The third kappa shape index (κ3) is 4.80. The summed E-state index contributed by atoms with van der Waals surface area (Å²) in [6.45, 7) is 0.118. The second-order valence-corrected chi connectivity index (χ2v) is 6.53. The molecule has 0 aliphatic heterocycles. The maximum Gasteiger partial charge on any atom is 0.277 e. The van der Waals surface area contributed by atoms with Crippen molar-refractivity contribution in [3.8, 4) is 23.0 Å². The number of rotatable bonds is 8. The summed E-state index contributed by atoms with van der Waals surface area (Å²) in [7, 11) is 3.09. The van der Waals surface area contributed by atoms with Gasteiger partial charge in [0, 0.05) is 17.7 Å². The number of aromatic nitrogens is 2. The van der Waals surface area contributed by atoms with Crippen molar-refractivity contribution in [1.29, 1.82) is 0 Å². The molecule has 3 aromatic rings. The summed E-state index contributed by atoms with van der Waals surface area (Å²) in [4.78, 5) is 12.0. The van der Waals surface area contributed by atoms with E-state index in [-0.39, 0.29) is 29.2 Å². The van der Waals surface area contributed by atoms with Crippen molar-refractivity contribution in [1.82, 2.24) is 15.5 Å². The van der Waals surface area contributed by atoms with E-state index in [1.807, 2.05) is 0 Å². The third-order valence-corrected chi connectivity index (χ3v) is 4.62. The maximum absolute atomic E-state index is 13.5. The van der Waals surface area contributed by atoms with E-state index >= 15 is 0 Å². The number of carbonyl (C=O) groups is 1. The van der Waals surface area contributed by atoms with E-state index in [1.165, 1.54) is 13.2 Å². The normalized spacial score (nSPS) is 10.5. The van der Waals surface area contributed by atoms with Gasteiger partial charge in [0.2, 0.25) is 11.8 Å². The molecular formula is C19H18FN3O4S. The van der Waals surface area contributed by atoms with Crippen molar-refractivity contribution in [2.24, 2.45) is 0 Å². The number of halogens is 1. The number of ether oxygens (including phenoxy) is 2. The fraction of sp³-hybridized carbons (Fsp3) is 0.211. The van der Waals surface area contributed by atoms with E-state index in [0.29, 0.717) is 28.5 Å². The van der Waals surface area contributed by atoms with Gasteiger partial charge in [-0.2, -0.15) is 0 Å². The highest BCUT2D eigenvalue weighted by Crippen LogP contribution is 2.32. The Balaban J connectivity index is 1.56. The number of benzene rings is 2. The highest BCUT2D eigenvalue weighted by molar-refractivity contribution is 7.99. The van der Waals surface area contributed by atoms with E-state index in [0.717, 1.165) is 11.8 Å². The van der Waals surface area contributed by atoms with Gasteiger partial charge in [-0.25, -0.2) is 4.39 Å². The second kappa shape index (κ2) is 9.23. The first-order chi connectivity index (χ1) is 13.6. The molecule has 1 N–H and O–H groups in total. The Morgan fingerprint density at radius 2 is 1.93 bits per heavy atom. The van der Waals surface area contributed by atoms with Crippen molar-refractivity contribution >= 4 is 17.7 Å². The summed E-state index contributed by atoms with van der Waals surface area (Å²) < 4.78 is 29.6. The SMILES string of the molecule is COc1ccc(-c2nnc(SCC(=O)NCc3ccccc3F)o2)cc1OC. The molecule has 0 fully saturated rings. The van der Waals surface area contributed by atoms with Crippen LogP contribution < -0.4 is 14.8 Å². The first kappa shape index (κ1) is 19.7. The summed E-state index contributed by atoms with van der Waals surface area (Å²) in [5.74, 6) is 0.884. The number of nitrogens with zero attached hydrogens (tertiary/aromatic N) is 2. The van der Waals surface area contributed by atoms with E-state index in [4.69, 9.17) is 13.9 Å². The molecular weight excluding hydrogens is 385 g/mol. The largest absolute Gasteiger partial charge is 0.493 e. The number of carbonyl (C=O) groups excluding carboxylic acids is 1. The lowest BCUT2D eigenvalue weighted by Crippen LogP contribution is -2.25. The maximum atomic E-state index is 13.5. The molecule has 146 valence electrons. The van der Waals surface area contributed by atoms with Crippen molar-refractivity contribution in [3.63, 3.8) is 0 Å². The monoisotopic (exact) mass is 403 g/mol. The Kier molecular flexibility index (Phi) is 6.49. The van der Waals surface area contributed by atoms with Gasteiger partial charge in [0.25, 0.3) is 5.22 Å². The van der Waals surface area contributed by atoms with Crippen molar-refractivity contribution < 1.29 is 23.1 Å². The molecule has 0 atom stereocenters. The zero-order valence-corrected chi connectivity index (χ0v) is 16.1. The number of hydrogen-bond donors (Lipinski definition) is 1. The van der Waals surface area contributed by atoms with Crippen molar-refractivity contribution in [2.45, 2.75) is 11.8 Å². The van der Waals surface area contributed by atoms with Gasteiger partial charge in [0.05, 0.1) is 20.0 Å². The van der Waals surface area contributed by atoms with Gasteiger partial charge in [-0.05, 0) is 24.3 Å². The molecule has 1 heterocycles. The van der Waals surface area contributed by atoms with E-state index in [2.05, 4.69) is 15.5 Å². The molecule has 0 aliphatic rings. The Labute approximate surface area is 165 Å². The fourth-order valence-electron chi connectivity index (χ4n) is 2.37. The highest BCUT2D eigenvalue weighted by atomic mass is 32.2. The molecule has 1 aromatic heterocycles. The van der Waals surface area contributed by atoms with Crippen LogP contribution in [0.1, 0.15) is 5.56 Å². The van der Waals surface area contributed by atoms with Crippen molar-refractivity contribution in [2.75, 3.05) is 20.0 Å². The molecule has 2 aromatic carbocycles. The molecule has 3 rings (SSSR count). The molecule has 0 unspecified atom stereocenters. The van der Waals surface area contributed by atoms with E-state index < -0.39 is 0 Å². The predicted octanol–water partition coefficient (Wildman–Crippen LogP) is 3.30. The second-order valence-electron chi connectivity index (χ2n) is 5.60. The number of methoxy groups -OCH3 is 2. The molecule has 9 heteroatoms. The summed E-state index contributed by atoms with van der Waals surface area (Å²) in [5, 5.41) is 10.8. The zero-order chi connectivity index (χ0) is 19.9. The quantitative estimate of drug-likeness (QED) is 0.578. The van der Waals surface area contributed by atoms with Crippen LogP contribution in [-0.4, -0.2) is 36.1 Å². The molecule has 0 bridgehead atoms. The van der Waals surface area contributed by atoms with Crippen LogP contribution in [0.3, 0.4) is 0 Å². The Bertz CT molecular complexity index is 964. The van der Waals surface area contributed by atoms with Gasteiger partial charge >= 0.3 is 0 Å².